The Morgan fingerprint density at radius 3 is 2.72 bits per heavy atom. The van der Waals surface area contributed by atoms with Crippen LogP contribution in [-0.4, -0.2) is 49.6 Å². The van der Waals surface area contributed by atoms with E-state index in [1.807, 2.05) is 22.9 Å². The Kier molecular flexibility index (Phi) is 6.06. The van der Waals surface area contributed by atoms with Gasteiger partial charge in [0.05, 0.1) is 33.3 Å². The average molecular weight is 379 g/mol. The number of benzene rings is 1. The molecule has 6 nitrogen and oxygen atoms in total. The molecule has 0 aliphatic carbocycles. The normalized spacial score (nSPS) is 15.2. The predicted molar refractivity (Wildman–Crippen MR) is 106 cm³/mol. The van der Waals surface area contributed by atoms with Gasteiger partial charge in [-0.05, 0) is 36.5 Å². The minimum absolute atomic E-state index is 0.704. The first-order valence-electron chi connectivity index (χ1n) is 8.35. The van der Waals surface area contributed by atoms with Crippen molar-refractivity contribution in [3.05, 3.63) is 40.9 Å². The smallest absolute Gasteiger partial charge is 0.205 e. The van der Waals surface area contributed by atoms with Gasteiger partial charge in [-0.3, -0.25) is 0 Å². The van der Waals surface area contributed by atoms with Crippen molar-refractivity contribution >= 4 is 34.4 Å². The number of methoxy groups -OCH3 is 1. The molecule has 0 atom stereocenters. The molecule has 0 spiro atoms. The van der Waals surface area contributed by atoms with Crippen LogP contribution in [0.3, 0.4) is 0 Å². The van der Waals surface area contributed by atoms with E-state index in [9.17, 15) is 0 Å². The van der Waals surface area contributed by atoms with Crippen molar-refractivity contribution in [1.82, 2.24) is 9.78 Å². The van der Waals surface area contributed by atoms with E-state index in [1.165, 1.54) is 21.9 Å². The van der Waals surface area contributed by atoms with E-state index in [4.69, 9.17) is 17.0 Å². The minimum atomic E-state index is 0.704. The van der Waals surface area contributed by atoms with Gasteiger partial charge in [-0.15, -0.1) is 11.7 Å². The standard InChI is InChI=1S/C17H23N5OS2/c1-3-8-18-16-19-22(17(24)25-16)13-20-9-11-21(12-10-20)14-4-6-15(23-2)7-5-14/h3-7H,1,8-13H2,2H3,(H,18,19)/p+1. The van der Waals surface area contributed by atoms with Crippen LogP contribution in [0.2, 0.25) is 0 Å². The summed E-state index contributed by atoms with van der Waals surface area (Å²) >= 11 is 6.95. The number of piperazine rings is 1. The van der Waals surface area contributed by atoms with Crippen LogP contribution < -0.4 is 19.9 Å². The number of hydrogen-bond donors (Lipinski definition) is 2. The van der Waals surface area contributed by atoms with Gasteiger partial charge in [0.15, 0.2) is 10.6 Å². The van der Waals surface area contributed by atoms with Crippen LogP contribution in [0.5, 0.6) is 5.75 Å². The Hall–Kier alpha value is -1.90. The predicted octanol–water partition coefficient (Wildman–Crippen LogP) is 1.64. The lowest BCUT2D eigenvalue weighted by molar-refractivity contribution is -0.924. The number of hydrogen-bond acceptors (Lipinski definition) is 6. The highest BCUT2D eigenvalue weighted by Crippen LogP contribution is 2.19. The summed E-state index contributed by atoms with van der Waals surface area (Å²) in [5.41, 5.74) is 1.25. The summed E-state index contributed by atoms with van der Waals surface area (Å²) in [6, 6.07) is 8.28. The molecule has 1 aliphatic rings. The summed E-state index contributed by atoms with van der Waals surface area (Å²) in [5, 5.41) is 8.63. The van der Waals surface area contributed by atoms with Crippen molar-refractivity contribution < 1.29 is 9.64 Å². The Morgan fingerprint density at radius 2 is 2.08 bits per heavy atom. The minimum Gasteiger partial charge on any atom is -0.497 e. The second-order valence-electron chi connectivity index (χ2n) is 5.94. The summed E-state index contributed by atoms with van der Waals surface area (Å²) < 4.78 is 7.98. The van der Waals surface area contributed by atoms with Gasteiger partial charge in [0.25, 0.3) is 0 Å². The Bertz CT molecular complexity index is 747. The summed E-state index contributed by atoms with van der Waals surface area (Å²) in [6.07, 6.45) is 1.82. The van der Waals surface area contributed by atoms with Crippen LogP contribution in [0.15, 0.2) is 36.9 Å². The number of nitrogens with zero attached hydrogens (tertiary/aromatic N) is 3. The van der Waals surface area contributed by atoms with E-state index >= 15 is 0 Å². The van der Waals surface area contributed by atoms with Crippen LogP contribution in [-0.2, 0) is 6.67 Å². The third-order valence-corrected chi connectivity index (χ3v) is 5.55. The molecule has 2 N–H and O–H groups in total. The van der Waals surface area contributed by atoms with E-state index in [1.54, 1.807) is 7.11 Å². The van der Waals surface area contributed by atoms with Gasteiger partial charge in [0, 0.05) is 12.2 Å². The molecule has 1 aromatic carbocycles. The van der Waals surface area contributed by atoms with Gasteiger partial charge in [0.1, 0.15) is 5.75 Å². The fourth-order valence-electron chi connectivity index (χ4n) is 2.88. The van der Waals surface area contributed by atoms with Crippen molar-refractivity contribution in [2.45, 2.75) is 6.67 Å². The summed E-state index contributed by atoms with van der Waals surface area (Å²) in [5.74, 6) is 0.895. The zero-order valence-corrected chi connectivity index (χ0v) is 16.0. The van der Waals surface area contributed by atoms with Gasteiger partial charge in [0.2, 0.25) is 5.13 Å². The highest BCUT2D eigenvalue weighted by molar-refractivity contribution is 7.73. The highest BCUT2D eigenvalue weighted by atomic mass is 32.1. The van der Waals surface area contributed by atoms with E-state index in [2.05, 4.69) is 34.0 Å². The van der Waals surface area contributed by atoms with E-state index in [-0.39, 0.29) is 0 Å². The van der Waals surface area contributed by atoms with E-state index in [0.717, 1.165) is 47.7 Å². The van der Waals surface area contributed by atoms with Gasteiger partial charge in [-0.2, -0.15) is 4.68 Å². The third kappa shape index (κ3) is 4.59. The van der Waals surface area contributed by atoms with Crippen molar-refractivity contribution in [2.75, 3.05) is 50.1 Å². The van der Waals surface area contributed by atoms with Crippen LogP contribution >= 0.6 is 23.6 Å². The number of aromatic nitrogens is 2. The molecule has 1 aliphatic heterocycles. The second-order valence-corrected chi connectivity index (χ2v) is 7.56. The first kappa shape index (κ1) is 17.9. The second kappa shape index (κ2) is 8.46. The molecule has 0 amide bonds. The molecule has 1 aromatic heterocycles. The molecule has 0 radical (unpaired) electrons. The fourth-order valence-corrected chi connectivity index (χ4v) is 3.89. The number of rotatable bonds is 7. The zero-order valence-electron chi connectivity index (χ0n) is 14.4. The summed E-state index contributed by atoms with van der Waals surface area (Å²) in [7, 11) is 1.69. The van der Waals surface area contributed by atoms with Crippen molar-refractivity contribution in [3.8, 4) is 5.75 Å². The first-order chi connectivity index (χ1) is 12.2. The van der Waals surface area contributed by atoms with Gasteiger partial charge in [-0.25, -0.2) is 0 Å². The van der Waals surface area contributed by atoms with E-state index < -0.39 is 0 Å². The molecule has 2 aromatic rings. The molecular weight excluding hydrogens is 354 g/mol. The molecule has 134 valence electrons. The molecule has 1 saturated heterocycles. The molecule has 25 heavy (non-hydrogen) atoms. The lowest BCUT2D eigenvalue weighted by Gasteiger charge is -2.33. The molecule has 2 heterocycles. The van der Waals surface area contributed by atoms with Gasteiger partial charge < -0.3 is 19.9 Å². The molecule has 1 fully saturated rings. The molecule has 3 rings (SSSR count). The molecule has 8 heteroatoms. The monoisotopic (exact) mass is 378 g/mol. The average Bonchev–Trinajstić information content (AvgIpc) is 3.00. The van der Waals surface area contributed by atoms with Crippen LogP contribution in [0.1, 0.15) is 0 Å². The molecular formula is C17H24N5OS2+. The zero-order chi connectivity index (χ0) is 17.6. The number of quaternary nitrogens is 1. The third-order valence-electron chi connectivity index (χ3n) is 4.29. The van der Waals surface area contributed by atoms with Crippen molar-refractivity contribution in [3.63, 3.8) is 0 Å². The quantitative estimate of drug-likeness (QED) is 0.567. The Balaban J connectivity index is 1.54. The maximum Gasteiger partial charge on any atom is 0.205 e. The largest absolute Gasteiger partial charge is 0.497 e. The van der Waals surface area contributed by atoms with Crippen molar-refractivity contribution in [1.29, 1.82) is 0 Å². The maximum absolute atomic E-state index is 5.43. The fraction of sp³-hybridized carbons (Fsp3) is 0.412. The van der Waals surface area contributed by atoms with Crippen LogP contribution in [0, 0.1) is 3.95 Å². The van der Waals surface area contributed by atoms with Crippen LogP contribution in [0.25, 0.3) is 0 Å². The SMILES string of the molecule is C=CCNc1nn(C[NH+]2CCN(c3ccc(OC)cc3)CC2)c(=S)s1. The number of anilines is 2. The first-order valence-corrected chi connectivity index (χ1v) is 9.57. The highest BCUT2D eigenvalue weighted by Gasteiger charge is 2.21. The summed E-state index contributed by atoms with van der Waals surface area (Å²) in [4.78, 5) is 3.92. The van der Waals surface area contributed by atoms with Crippen molar-refractivity contribution in [2.24, 2.45) is 0 Å². The Morgan fingerprint density at radius 1 is 1.36 bits per heavy atom. The molecule has 0 bridgehead atoms. The lowest BCUT2D eigenvalue weighted by atomic mass is 10.2. The summed E-state index contributed by atoms with van der Waals surface area (Å²) in [6.45, 7) is 9.43. The Labute approximate surface area is 157 Å². The molecule has 0 unspecified atom stereocenters. The maximum atomic E-state index is 5.43. The number of ether oxygens (including phenoxy) is 1. The van der Waals surface area contributed by atoms with Gasteiger partial charge >= 0.3 is 0 Å². The lowest BCUT2D eigenvalue weighted by Crippen LogP contribution is -3.14. The number of nitrogens with one attached hydrogen (secondary N) is 2. The van der Waals surface area contributed by atoms with Gasteiger partial charge in [-0.1, -0.05) is 17.4 Å². The van der Waals surface area contributed by atoms with E-state index in [0.29, 0.717) is 6.54 Å². The van der Waals surface area contributed by atoms with Crippen LogP contribution in [0.4, 0.5) is 10.8 Å². The topological polar surface area (TPSA) is 46.8 Å². The molecule has 0 saturated carbocycles.